The molecule has 1 N–H and O–H groups in total. The Balaban J connectivity index is 1.34. The summed E-state index contributed by atoms with van der Waals surface area (Å²) in [5.74, 6) is 0.639. The Kier molecular flexibility index (Phi) is 5.48. The molecule has 1 saturated heterocycles. The molecule has 33 heavy (non-hydrogen) atoms. The molecule has 7 heteroatoms. The molecular formula is C26H26FN3O3. The number of fused-ring (bicyclic) bond motifs is 1. The van der Waals surface area contributed by atoms with Crippen molar-refractivity contribution in [3.63, 3.8) is 0 Å². The number of halogens is 1. The van der Waals surface area contributed by atoms with E-state index in [2.05, 4.69) is 5.32 Å². The van der Waals surface area contributed by atoms with Gasteiger partial charge in [-0.05, 0) is 57.0 Å². The van der Waals surface area contributed by atoms with Crippen LogP contribution in [-0.2, 0) is 6.42 Å². The highest BCUT2D eigenvalue weighted by Gasteiger charge is 2.34. The van der Waals surface area contributed by atoms with Gasteiger partial charge in [0.1, 0.15) is 11.6 Å². The molecule has 6 nitrogen and oxygen atoms in total. The van der Waals surface area contributed by atoms with Gasteiger partial charge in [0.15, 0.2) is 11.5 Å². The smallest absolute Gasteiger partial charge is 0.289 e. The van der Waals surface area contributed by atoms with Crippen LogP contribution in [-0.4, -0.2) is 34.7 Å². The first-order chi connectivity index (χ1) is 15.9. The molecule has 1 atom stereocenters. The summed E-state index contributed by atoms with van der Waals surface area (Å²) in [6.45, 7) is 4.86. The van der Waals surface area contributed by atoms with E-state index in [4.69, 9.17) is 9.40 Å². The van der Waals surface area contributed by atoms with Gasteiger partial charge >= 0.3 is 0 Å². The molecular weight excluding hydrogens is 421 g/mol. The highest BCUT2D eigenvalue weighted by atomic mass is 19.1. The number of amides is 1. The van der Waals surface area contributed by atoms with Crippen LogP contribution >= 0.6 is 0 Å². The third kappa shape index (κ3) is 4.15. The summed E-state index contributed by atoms with van der Waals surface area (Å²) in [5.41, 5.74) is 4.52. The standard InChI is InChI=1S/C26H26FN3O3/c1-15-11-20(29-19-6-3-5-18(27)12-19)13-21(28-15)17-9-10-30(14-17)26(32)25-16(2)24-22(31)7-4-8-23(24)33-25/h3,5-6,11-13,17H,4,7-10,14H2,1-2H3,(H,28,29). The minimum atomic E-state index is -0.299. The average molecular weight is 448 g/mol. The maximum atomic E-state index is 13.5. The summed E-state index contributed by atoms with van der Waals surface area (Å²) < 4.78 is 19.4. The van der Waals surface area contributed by atoms with E-state index in [-0.39, 0.29) is 23.4 Å². The monoisotopic (exact) mass is 447 g/mol. The van der Waals surface area contributed by atoms with E-state index < -0.39 is 0 Å². The maximum Gasteiger partial charge on any atom is 0.289 e. The zero-order chi connectivity index (χ0) is 23.1. The number of nitrogens with zero attached hydrogens (tertiary/aromatic N) is 2. The first-order valence-electron chi connectivity index (χ1n) is 11.3. The van der Waals surface area contributed by atoms with Crippen LogP contribution in [0.25, 0.3) is 0 Å². The van der Waals surface area contributed by atoms with Crippen molar-refractivity contribution in [1.29, 1.82) is 0 Å². The number of aromatic nitrogens is 1. The summed E-state index contributed by atoms with van der Waals surface area (Å²) in [6.07, 6.45) is 2.77. The highest BCUT2D eigenvalue weighted by molar-refractivity contribution is 6.03. The van der Waals surface area contributed by atoms with Crippen LogP contribution < -0.4 is 5.32 Å². The number of ketones is 1. The molecule has 2 aromatic heterocycles. The van der Waals surface area contributed by atoms with Crippen molar-refractivity contribution in [2.75, 3.05) is 18.4 Å². The van der Waals surface area contributed by atoms with Crippen molar-refractivity contribution in [3.05, 3.63) is 76.3 Å². The lowest BCUT2D eigenvalue weighted by molar-refractivity contribution is 0.0755. The van der Waals surface area contributed by atoms with Crippen LogP contribution in [0.5, 0.6) is 0 Å². The first kappa shape index (κ1) is 21.4. The third-order valence-electron chi connectivity index (χ3n) is 6.48. The molecule has 1 amide bonds. The van der Waals surface area contributed by atoms with Gasteiger partial charge in [-0.1, -0.05) is 6.07 Å². The molecule has 1 fully saturated rings. The minimum absolute atomic E-state index is 0.0677. The van der Waals surface area contributed by atoms with Crippen LogP contribution in [0.15, 0.2) is 40.8 Å². The van der Waals surface area contributed by atoms with Gasteiger partial charge in [-0.15, -0.1) is 0 Å². The number of furan rings is 1. The summed E-state index contributed by atoms with van der Waals surface area (Å²) in [7, 11) is 0. The lowest BCUT2D eigenvalue weighted by Gasteiger charge is -2.16. The first-order valence-corrected chi connectivity index (χ1v) is 11.3. The number of carbonyl (C=O) groups excluding carboxylic acids is 2. The van der Waals surface area contributed by atoms with E-state index in [9.17, 15) is 14.0 Å². The second-order valence-corrected chi connectivity index (χ2v) is 8.93. The topological polar surface area (TPSA) is 75.4 Å². The Morgan fingerprint density at radius 1 is 1.18 bits per heavy atom. The molecule has 170 valence electrons. The number of hydrogen-bond donors (Lipinski definition) is 1. The van der Waals surface area contributed by atoms with Crippen LogP contribution in [0, 0.1) is 19.7 Å². The molecule has 0 saturated carbocycles. The number of rotatable bonds is 4. The quantitative estimate of drug-likeness (QED) is 0.586. The van der Waals surface area contributed by atoms with Gasteiger partial charge in [-0.2, -0.15) is 0 Å². The van der Waals surface area contributed by atoms with E-state index in [0.717, 1.165) is 29.9 Å². The van der Waals surface area contributed by atoms with Gasteiger partial charge in [0, 0.05) is 60.2 Å². The van der Waals surface area contributed by atoms with E-state index in [1.807, 2.05) is 25.1 Å². The van der Waals surface area contributed by atoms with Crippen molar-refractivity contribution >= 4 is 23.1 Å². The van der Waals surface area contributed by atoms with Crippen LogP contribution in [0.1, 0.15) is 68.8 Å². The molecule has 1 aromatic carbocycles. The number of carbonyl (C=O) groups is 2. The zero-order valence-corrected chi connectivity index (χ0v) is 18.8. The van der Waals surface area contributed by atoms with Gasteiger partial charge in [0.05, 0.1) is 5.56 Å². The molecule has 3 aromatic rings. The Morgan fingerprint density at radius 2 is 2.03 bits per heavy atom. The van der Waals surface area contributed by atoms with Crippen LogP contribution in [0.4, 0.5) is 15.8 Å². The summed E-state index contributed by atoms with van der Waals surface area (Å²) in [6, 6.07) is 10.2. The van der Waals surface area contributed by atoms with Gasteiger partial charge in [-0.3, -0.25) is 14.6 Å². The number of likely N-dealkylation sites (tertiary alicyclic amines) is 1. The number of Topliss-reactive ketones (excluding diaryl/α,β-unsaturated/α-hetero) is 1. The number of hydrogen-bond acceptors (Lipinski definition) is 5. The number of benzene rings is 1. The van der Waals surface area contributed by atoms with E-state index in [1.54, 1.807) is 17.9 Å². The van der Waals surface area contributed by atoms with E-state index in [0.29, 0.717) is 54.3 Å². The molecule has 3 heterocycles. The largest absolute Gasteiger partial charge is 0.455 e. The number of pyridine rings is 1. The normalized spacial score (nSPS) is 17.8. The van der Waals surface area contributed by atoms with Crippen molar-refractivity contribution in [2.45, 2.75) is 45.4 Å². The fourth-order valence-corrected chi connectivity index (χ4v) is 4.89. The fraction of sp³-hybridized carbons (Fsp3) is 0.346. The molecule has 0 spiro atoms. The van der Waals surface area contributed by atoms with Gasteiger partial charge in [0.25, 0.3) is 5.91 Å². The highest BCUT2D eigenvalue weighted by Crippen LogP contribution is 2.33. The van der Waals surface area contributed by atoms with Crippen LogP contribution in [0.2, 0.25) is 0 Å². The summed E-state index contributed by atoms with van der Waals surface area (Å²) >= 11 is 0. The van der Waals surface area contributed by atoms with Gasteiger partial charge in [-0.25, -0.2) is 4.39 Å². The Morgan fingerprint density at radius 3 is 2.82 bits per heavy atom. The summed E-state index contributed by atoms with van der Waals surface area (Å²) in [4.78, 5) is 32.0. The number of nitrogens with one attached hydrogen (secondary N) is 1. The maximum absolute atomic E-state index is 13.5. The number of anilines is 2. The lowest BCUT2D eigenvalue weighted by atomic mass is 9.94. The van der Waals surface area contributed by atoms with Crippen LogP contribution in [0.3, 0.4) is 0 Å². The third-order valence-corrected chi connectivity index (χ3v) is 6.48. The SMILES string of the molecule is Cc1cc(Nc2cccc(F)c2)cc(C2CCN(C(=O)c3oc4c(c3C)C(=O)CCC4)C2)n1. The van der Waals surface area contributed by atoms with Crippen molar-refractivity contribution < 1.29 is 18.4 Å². The van der Waals surface area contributed by atoms with Gasteiger partial charge < -0.3 is 14.6 Å². The molecule has 0 bridgehead atoms. The average Bonchev–Trinajstić information content (AvgIpc) is 3.39. The second-order valence-electron chi connectivity index (χ2n) is 8.93. The van der Waals surface area contributed by atoms with E-state index in [1.165, 1.54) is 12.1 Å². The second kappa shape index (κ2) is 8.46. The molecule has 1 unspecified atom stereocenters. The van der Waals surface area contributed by atoms with E-state index >= 15 is 0 Å². The van der Waals surface area contributed by atoms with Crippen molar-refractivity contribution in [2.24, 2.45) is 0 Å². The van der Waals surface area contributed by atoms with Crippen molar-refractivity contribution in [3.8, 4) is 0 Å². The molecule has 1 aliphatic heterocycles. The Bertz CT molecular complexity index is 1250. The zero-order valence-electron chi connectivity index (χ0n) is 18.8. The molecule has 1 aliphatic carbocycles. The molecule has 2 aliphatic rings. The minimum Gasteiger partial charge on any atom is -0.455 e. The molecule has 5 rings (SSSR count). The summed E-state index contributed by atoms with van der Waals surface area (Å²) in [5, 5.41) is 3.24. The Labute approximate surface area is 191 Å². The predicted octanol–water partition coefficient (Wildman–Crippen LogP) is 5.32. The lowest BCUT2D eigenvalue weighted by Crippen LogP contribution is -2.28. The number of aryl methyl sites for hydroxylation is 2. The van der Waals surface area contributed by atoms with Gasteiger partial charge in [0.2, 0.25) is 0 Å². The Hall–Kier alpha value is -3.48. The molecule has 0 radical (unpaired) electrons. The van der Waals surface area contributed by atoms with Crippen molar-refractivity contribution in [1.82, 2.24) is 9.88 Å². The predicted molar refractivity (Wildman–Crippen MR) is 123 cm³/mol. The fourth-order valence-electron chi connectivity index (χ4n) is 4.89.